The molecule has 1 rings (SSSR count). The van der Waals surface area contributed by atoms with E-state index in [9.17, 15) is 0 Å². The van der Waals surface area contributed by atoms with Gasteiger partial charge < -0.3 is 0 Å². The molecule has 0 fully saturated rings. The molecule has 0 aliphatic rings. The Morgan fingerprint density at radius 1 is 1.38 bits per heavy atom. The molecule has 1 heterocycles. The van der Waals surface area contributed by atoms with E-state index in [1.165, 1.54) is 25.7 Å². The maximum absolute atomic E-state index is 4.37. The van der Waals surface area contributed by atoms with Gasteiger partial charge in [0.05, 0.1) is 5.69 Å². The van der Waals surface area contributed by atoms with E-state index in [-0.39, 0.29) is 0 Å². The van der Waals surface area contributed by atoms with Gasteiger partial charge in [0.15, 0.2) is 0 Å². The fourth-order valence-corrected chi connectivity index (χ4v) is 1.90. The van der Waals surface area contributed by atoms with Gasteiger partial charge in [-0.1, -0.05) is 31.9 Å². The Morgan fingerprint density at radius 3 is 2.88 bits per heavy atom. The SMILES string of the molecule is CCCn1cc(CCCCCC(C)S)nn1. The first-order chi connectivity index (χ1) is 7.72. The second-order valence-electron chi connectivity index (χ2n) is 4.42. The minimum atomic E-state index is 0.533. The first-order valence-electron chi connectivity index (χ1n) is 6.29. The van der Waals surface area contributed by atoms with Crippen LogP contribution < -0.4 is 0 Å². The predicted molar refractivity (Wildman–Crippen MR) is 70.9 cm³/mol. The molecule has 0 spiro atoms. The maximum atomic E-state index is 4.37. The number of rotatable bonds is 8. The zero-order valence-corrected chi connectivity index (χ0v) is 11.3. The summed E-state index contributed by atoms with van der Waals surface area (Å²) in [5.74, 6) is 0. The summed E-state index contributed by atoms with van der Waals surface area (Å²) >= 11 is 4.37. The van der Waals surface area contributed by atoms with Crippen LogP contribution in [0.5, 0.6) is 0 Å². The maximum Gasteiger partial charge on any atom is 0.0827 e. The summed E-state index contributed by atoms with van der Waals surface area (Å²) in [5.41, 5.74) is 1.13. The molecule has 0 saturated heterocycles. The molecule has 0 aromatic carbocycles. The third kappa shape index (κ3) is 5.54. The molecule has 3 nitrogen and oxygen atoms in total. The summed E-state index contributed by atoms with van der Waals surface area (Å²) in [6.07, 6.45) is 9.22. The third-order valence-corrected chi connectivity index (χ3v) is 2.85. The van der Waals surface area contributed by atoms with Crippen molar-refractivity contribution < 1.29 is 0 Å². The quantitative estimate of drug-likeness (QED) is 0.560. The Labute approximate surface area is 104 Å². The van der Waals surface area contributed by atoms with E-state index in [0.29, 0.717) is 5.25 Å². The Kier molecular flexibility index (Phi) is 6.53. The summed E-state index contributed by atoms with van der Waals surface area (Å²) < 4.78 is 1.94. The standard InChI is InChI=1S/C12H23N3S/c1-3-9-15-10-12(13-14-15)8-6-4-5-7-11(2)16/h10-11,16H,3-9H2,1-2H3. The second kappa shape index (κ2) is 7.71. The molecule has 1 aromatic heterocycles. The minimum Gasteiger partial charge on any atom is -0.252 e. The molecule has 0 saturated carbocycles. The third-order valence-electron chi connectivity index (χ3n) is 2.59. The number of nitrogens with zero attached hydrogens (tertiary/aromatic N) is 3. The lowest BCUT2D eigenvalue weighted by molar-refractivity contribution is 0.578. The van der Waals surface area contributed by atoms with E-state index in [4.69, 9.17) is 0 Å². The van der Waals surface area contributed by atoms with Gasteiger partial charge in [-0.05, 0) is 30.9 Å². The summed E-state index contributed by atoms with van der Waals surface area (Å²) in [5, 5.41) is 8.79. The van der Waals surface area contributed by atoms with Crippen LogP contribution in [-0.4, -0.2) is 20.2 Å². The van der Waals surface area contributed by atoms with Crippen molar-refractivity contribution in [2.75, 3.05) is 0 Å². The Morgan fingerprint density at radius 2 is 2.19 bits per heavy atom. The summed E-state index contributed by atoms with van der Waals surface area (Å²) in [6, 6.07) is 0. The van der Waals surface area contributed by atoms with E-state index in [2.05, 4.69) is 43.0 Å². The van der Waals surface area contributed by atoms with E-state index >= 15 is 0 Å². The van der Waals surface area contributed by atoms with Crippen LogP contribution in [-0.2, 0) is 13.0 Å². The van der Waals surface area contributed by atoms with Crippen LogP contribution >= 0.6 is 12.6 Å². The topological polar surface area (TPSA) is 30.7 Å². The van der Waals surface area contributed by atoms with Crippen molar-refractivity contribution in [3.05, 3.63) is 11.9 Å². The van der Waals surface area contributed by atoms with E-state index in [1.807, 2.05) is 4.68 Å². The highest BCUT2D eigenvalue weighted by Crippen LogP contribution is 2.09. The molecule has 0 amide bonds. The zero-order chi connectivity index (χ0) is 11.8. The molecular formula is C12H23N3S. The van der Waals surface area contributed by atoms with Gasteiger partial charge in [-0.15, -0.1) is 5.10 Å². The summed E-state index contributed by atoms with van der Waals surface area (Å²) in [4.78, 5) is 0. The van der Waals surface area contributed by atoms with Crippen LogP contribution in [0.15, 0.2) is 6.20 Å². The van der Waals surface area contributed by atoms with Gasteiger partial charge in [0.2, 0.25) is 0 Å². The van der Waals surface area contributed by atoms with Gasteiger partial charge >= 0.3 is 0 Å². The van der Waals surface area contributed by atoms with Crippen molar-refractivity contribution >= 4 is 12.6 Å². The highest BCUT2D eigenvalue weighted by Gasteiger charge is 2.00. The van der Waals surface area contributed by atoms with E-state index < -0.39 is 0 Å². The van der Waals surface area contributed by atoms with Crippen LogP contribution in [0.2, 0.25) is 0 Å². The van der Waals surface area contributed by atoms with Crippen molar-refractivity contribution in [2.45, 2.75) is 64.2 Å². The van der Waals surface area contributed by atoms with Crippen molar-refractivity contribution in [3.8, 4) is 0 Å². The first-order valence-corrected chi connectivity index (χ1v) is 6.81. The molecule has 0 aliphatic carbocycles. The van der Waals surface area contributed by atoms with Crippen molar-refractivity contribution in [2.24, 2.45) is 0 Å². The van der Waals surface area contributed by atoms with Gasteiger partial charge in [-0.3, -0.25) is 4.68 Å². The molecule has 4 heteroatoms. The van der Waals surface area contributed by atoms with Crippen LogP contribution in [0.25, 0.3) is 0 Å². The second-order valence-corrected chi connectivity index (χ2v) is 5.30. The predicted octanol–water partition coefficient (Wildman–Crippen LogP) is 3.11. The molecule has 0 radical (unpaired) electrons. The highest BCUT2D eigenvalue weighted by atomic mass is 32.1. The molecule has 1 atom stereocenters. The Balaban J connectivity index is 2.12. The van der Waals surface area contributed by atoms with Gasteiger partial charge in [-0.25, -0.2) is 0 Å². The monoisotopic (exact) mass is 241 g/mol. The normalized spacial score (nSPS) is 12.9. The molecule has 92 valence electrons. The van der Waals surface area contributed by atoms with Crippen LogP contribution in [0.4, 0.5) is 0 Å². The molecule has 0 aliphatic heterocycles. The summed E-state index contributed by atoms with van der Waals surface area (Å²) in [7, 11) is 0. The van der Waals surface area contributed by atoms with Crippen molar-refractivity contribution in [1.29, 1.82) is 0 Å². The lowest BCUT2D eigenvalue weighted by atomic mass is 10.1. The lowest BCUT2D eigenvalue weighted by Crippen LogP contribution is -1.96. The highest BCUT2D eigenvalue weighted by molar-refractivity contribution is 7.80. The molecule has 16 heavy (non-hydrogen) atoms. The molecule has 0 N–H and O–H groups in total. The number of hydrogen-bond acceptors (Lipinski definition) is 3. The van der Waals surface area contributed by atoms with Gasteiger partial charge in [0.1, 0.15) is 0 Å². The minimum absolute atomic E-state index is 0.533. The molecular weight excluding hydrogens is 218 g/mol. The van der Waals surface area contributed by atoms with Crippen LogP contribution in [0, 0.1) is 0 Å². The number of hydrogen-bond donors (Lipinski definition) is 1. The van der Waals surface area contributed by atoms with E-state index in [0.717, 1.165) is 25.1 Å². The molecule has 1 unspecified atom stereocenters. The molecule has 0 bridgehead atoms. The van der Waals surface area contributed by atoms with Crippen molar-refractivity contribution in [1.82, 2.24) is 15.0 Å². The molecule has 1 aromatic rings. The fourth-order valence-electron chi connectivity index (χ4n) is 1.71. The van der Waals surface area contributed by atoms with Crippen LogP contribution in [0.1, 0.15) is 51.6 Å². The zero-order valence-electron chi connectivity index (χ0n) is 10.4. The number of aryl methyl sites for hydroxylation is 2. The van der Waals surface area contributed by atoms with Crippen LogP contribution in [0.3, 0.4) is 0 Å². The number of unbranched alkanes of at least 4 members (excludes halogenated alkanes) is 2. The lowest BCUT2D eigenvalue weighted by Gasteiger charge is -2.02. The number of aromatic nitrogens is 3. The van der Waals surface area contributed by atoms with E-state index in [1.54, 1.807) is 0 Å². The number of thiol groups is 1. The Hall–Kier alpha value is -0.510. The largest absolute Gasteiger partial charge is 0.252 e. The average molecular weight is 241 g/mol. The summed E-state index contributed by atoms with van der Waals surface area (Å²) in [6.45, 7) is 5.28. The van der Waals surface area contributed by atoms with Gasteiger partial charge in [-0.2, -0.15) is 12.6 Å². The van der Waals surface area contributed by atoms with Gasteiger partial charge in [0, 0.05) is 12.7 Å². The smallest absolute Gasteiger partial charge is 0.0827 e. The van der Waals surface area contributed by atoms with Gasteiger partial charge in [0.25, 0.3) is 0 Å². The average Bonchev–Trinajstić information content (AvgIpc) is 2.65. The fraction of sp³-hybridized carbons (Fsp3) is 0.833. The van der Waals surface area contributed by atoms with Crippen molar-refractivity contribution in [3.63, 3.8) is 0 Å². The first kappa shape index (κ1) is 13.6. The Bertz CT molecular complexity index is 284.